The number of nitrogens with one attached hydrogen (secondary N) is 4. The molecule has 0 aliphatic carbocycles. The molecule has 4 N–H and O–H groups in total. The second-order valence-electron chi connectivity index (χ2n) is 9.83. The van der Waals surface area contributed by atoms with E-state index in [0.29, 0.717) is 38.1 Å². The average molecular weight is 612 g/mol. The summed E-state index contributed by atoms with van der Waals surface area (Å²) in [5.74, 6) is -0.794. The van der Waals surface area contributed by atoms with Gasteiger partial charge in [0.1, 0.15) is 0 Å². The van der Waals surface area contributed by atoms with Gasteiger partial charge in [0, 0.05) is 19.4 Å². The number of unbranched alkanes of at least 4 members (excludes halogenated alkanes) is 4. The van der Waals surface area contributed by atoms with Crippen LogP contribution in [0.25, 0.3) is 0 Å². The lowest BCUT2D eigenvalue weighted by Gasteiger charge is -2.15. The first-order valence-electron chi connectivity index (χ1n) is 13.9. The van der Waals surface area contributed by atoms with Crippen LogP contribution in [0.1, 0.15) is 71.6 Å². The smallest absolute Gasteiger partial charge is 0.242 e. The summed E-state index contributed by atoms with van der Waals surface area (Å²) in [4.78, 5) is 83.9. The molecule has 0 spiro atoms. The molecule has 0 bridgehead atoms. The Morgan fingerprint density at radius 3 is 1.98 bits per heavy atom. The summed E-state index contributed by atoms with van der Waals surface area (Å²) in [6, 6.07) is 0. The molecule has 6 amide bonds. The first kappa shape index (κ1) is 36.5. The zero-order valence-electron chi connectivity index (χ0n) is 24.0. The molecule has 1 saturated heterocycles. The topological polar surface area (TPSA) is 171 Å². The first-order chi connectivity index (χ1) is 19.5. The maximum absolute atomic E-state index is 12.4. The number of nitrogens with zero attached hydrogens (tertiary/aromatic N) is 1. The van der Waals surface area contributed by atoms with Gasteiger partial charge >= 0.3 is 0 Å². The van der Waals surface area contributed by atoms with Crippen LogP contribution in [0.3, 0.4) is 0 Å². The summed E-state index contributed by atoms with van der Waals surface area (Å²) in [5, 5.41) is 9.89. The van der Waals surface area contributed by atoms with E-state index in [1.165, 1.54) is 28.4 Å². The molecule has 2 radical (unpaired) electrons. The van der Waals surface area contributed by atoms with Gasteiger partial charge in [0.2, 0.25) is 35.4 Å². The molecule has 1 heterocycles. The normalized spacial score (nSPS) is 14.7. The Hall–Kier alpha value is -2.55. The Labute approximate surface area is 251 Å². The quantitative estimate of drug-likeness (QED) is 0.0579. The van der Waals surface area contributed by atoms with Gasteiger partial charge in [-0.15, -0.1) is 23.5 Å². The summed E-state index contributed by atoms with van der Waals surface area (Å²) in [5.41, 5.74) is -0.305. The maximum atomic E-state index is 12.4. The van der Waals surface area contributed by atoms with E-state index in [1.807, 2.05) is 13.8 Å². The second-order valence-corrected chi connectivity index (χ2v) is 12.7. The molecule has 1 aliphatic heterocycles. The minimum absolute atomic E-state index is 0.133. The van der Waals surface area contributed by atoms with Gasteiger partial charge in [0.15, 0.2) is 7.85 Å². The molecule has 1 aliphatic rings. The third kappa shape index (κ3) is 17.8. The Morgan fingerprint density at radius 1 is 0.805 bits per heavy atom. The minimum atomic E-state index is -0.537. The van der Waals surface area contributed by atoms with Crippen molar-refractivity contribution in [3.8, 4) is 0 Å². The molecule has 0 saturated carbocycles. The van der Waals surface area contributed by atoms with Crippen molar-refractivity contribution in [1.29, 1.82) is 0 Å². The van der Waals surface area contributed by atoms with E-state index in [-0.39, 0.29) is 72.3 Å². The van der Waals surface area contributed by atoms with Crippen molar-refractivity contribution in [3.05, 3.63) is 0 Å². The molecule has 12 nitrogen and oxygen atoms in total. The van der Waals surface area contributed by atoms with Crippen LogP contribution in [0.5, 0.6) is 0 Å². The van der Waals surface area contributed by atoms with Gasteiger partial charge in [-0.1, -0.05) is 26.7 Å². The van der Waals surface area contributed by atoms with Crippen molar-refractivity contribution in [2.24, 2.45) is 0 Å². The fourth-order valence-electron chi connectivity index (χ4n) is 3.75. The van der Waals surface area contributed by atoms with Gasteiger partial charge in [0.25, 0.3) is 0 Å². The van der Waals surface area contributed by atoms with Crippen molar-refractivity contribution in [1.82, 2.24) is 26.2 Å². The highest BCUT2D eigenvalue weighted by Gasteiger charge is 2.38. The van der Waals surface area contributed by atoms with Crippen LogP contribution in [0, 0.1) is 0 Å². The van der Waals surface area contributed by atoms with E-state index in [4.69, 9.17) is 7.85 Å². The molecule has 1 fully saturated rings. The van der Waals surface area contributed by atoms with E-state index < -0.39 is 11.8 Å². The van der Waals surface area contributed by atoms with Gasteiger partial charge in [-0.25, -0.2) is 0 Å². The van der Waals surface area contributed by atoms with Gasteiger partial charge in [-0.3, -0.25) is 33.7 Å². The van der Waals surface area contributed by atoms with Gasteiger partial charge in [-0.2, -0.15) is 0 Å². The van der Waals surface area contributed by atoms with E-state index >= 15 is 0 Å². The summed E-state index contributed by atoms with van der Waals surface area (Å²) in [6.45, 7) is 3.50. The molecule has 1 rings (SSSR count). The van der Waals surface area contributed by atoms with Crippen molar-refractivity contribution in [2.75, 3.05) is 37.8 Å². The van der Waals surface area contributed by atoms with E-state index in [0.717, 1.165) is 25.0 Å². The van der Waals surface area contributed by atoms with Crippen LogP contribution < -0.4 is 21.3 Å². The van der Waals surface area contributed by atoms with Gasteiger partial charge in [-0.05, 0) is 43.1 Å². The monoisotopic (exact) mass is 611 g/mol. The lowest BCUT2D eigenvalue weighted by molar-refractivity contribution is -0.138. The van der Waals surface area contributed by atoms with Crippen LogP contribution in [0.15, 0.2) is 0 Å². The zero-order valence-corrected chi connectivity index (χ0v) is 25.6. The molecular formula is C26H42BN5O7S2. The second kappa shape index (κ2) is 21.2. The van der Waals surface area contributed by atoms with Crippen LogP contribution in [0.2, 0.25) is 0 Å². The van der Waals surface area contributed by atoms with Crippen molar-refractivity contribution >= 4 is 72.5 Å². The fraction of sp³-hybridized carbons (Fsp3) is 0.731. The Kier molecular flexibility index (Phi) is 18.9. The number of carbonyl (C=O) groups excluding carboxylic acids is 7. The molecule has 228 valence electrons. The van der Waals surface area contributed by atoms with Crippen LogP contribution in [-0.2, 0) is 33.6 Å². The highest BCUT2D eigenvalue weighted by Crippen LogP contribution is 2.28. The van der Waals surface area contributed by atoms with E-state index in [1.54, 1.807) is 0 Å². The standard InChI is InChI=1S/C26H42BN5O7S2/c1-18(2)41-19-13-25(38)32(26(19)39)11-7-3-6-10-21(34)28-14-22(35)29-15-23(36)30-16-24(37)31-17-40-12-8-4-5-9-20(27)33/h18-19H,3-17H2,1-2H3,(H,28,34)(H,29,35)(H,30,36)(H,31,37). The number of hydrogen-bond acceptors (Lipinski definition) is 9. The van der Waals surface area contributed by atoms with E-state index in [2.05, 4.69) is 21.3 Å². The largest absolute Gasteiger partial charge is 0.347 e. The maximum Gasteiger partial charge on any atom is 0.242 e. The van der Waals surface area contributed by atoms with Gasteiger partial charge < -0.3 is 26.1 Å². The summed E-state index contributed by atoms with van der Waals surface area (Å²) in [6.07, 6.45) is 5.19. The highest BCUT2D eigenvalue weighted by molar-refractivity contribution is 8.01. The lowest BCUT2D eigenvalue weighted by atomic mass is 9.97. The molecule has 0 aromatic heterocycles. The van der Waals surface area contributed by atoms with Crippen molar-refractivity contribution in [2.45, 2.75) is 82.1 Å². The lowest BCUT2D eigenvalue weighted by Crippen LogP contribution is -2.44. The van der Waals surface area contributed by atoms with Gasteiger partial charge in [0.05, 0.1) is 36.4 Å². The zero-order chi connectivity index (χ0) is 30.6. The molecular weight excluding hydrogens is 569 g/mol. The average Bonchev–Trinajstić information content (AvgIpc) is 3.17. The third-order valence-corrected chi connectivity index (χ3v) is 8.01. The van der Waals surface area contributed by atoms with E-state index in [9.17, 15) is 33.6 Å². The number of amides is 6. The SMILES string of the molecule is [B]C(=O)CCCCCSCNC(=O)CNC(=O)CNC(=O)CNC(=O)CCCCCN1C(=O)CC(SC(C)C)C1=O. The van der Waals surface area contributed by atoms with Crippen LogP contribution in [0.4, 0.5) is 0 Å². The summed E-state index contributed by atoms with van der Waals surface area (Å²) in [7, 11) is 5.08. The molecule has 41 heavy (non-hydrogen) atoms. The molecule has 1 atom stereocenters. The number of carbonyl (C=O) groups is 7. The van der Waals surface area contributed by atoms with Crippen LogP contribution >= 0.6 is 23.5 Å². The Balaban J connectivity index is 2.03. The van der Waals surface area contributed by atoms with Crippen molar-refractivity contribution in [3.63, 3.8) is 0 Å². The van der Waals surface area contributed by atoms with Crippen LogP contribution in [-0.4, -0.2) is 102 Å². The third-order valence-electron chi connectivity index (χ3n) is 5.85. The predicted octanol–water partition coefficient (Wildman–Crippen LogP) is 0.227. The Morgan fingerprint density at radius 2 is 1.37 bits per heavy atom. The van der Waals surface area contributed by atoms with Crippen molar-refractivity contribution < 1.29 is 33.6 Å². The number of rotatable bonds is 22. The molecule has 15 heteroatoms. The Bertz CT molecular complexity index is 923. The summed E-state index contributed by atoms with van der Waals surface area (Å²) < 4.78 is 0. The minimum Gasteiger partial charge on any atom is -0.347 e. The predicted molar refractivity (Wildman–Crippen MR) is 160 cm³/mol. The molecule has 0 aromatic carbocycles. The molecule has 1 unspecified atom stereocenters. The number of hydrogen-bond donors (Lipinski definition) is 4. The number of imide groups is 1. The number of likely N-dealkylation sites (tertiary alicyclic amines) is 1. The first-order valence-corrected chi connectivity index (χ1v) is 16.0. The number of thioether (sulfide) groups is 2. The summed E-state index contributed by atoms with van der Waals surface area (Å²) >= 11 is 3.03. The fourth-order valence-corrected chi connectivity index (χ4v) is 5.71. The molecule has 0 aromatic rings. The highest BCUT2D eigenvalue weighted by atomic mass is 32.2.